The van der Waals surface area contributed by atoms with Crippen LogP contribution in [0.2, 0.25) is 0 Å². The number of aliphatic carboxylic acids is 1. The fourth-order valence-electron chi connectivity index (χ4n) is 1.08. The van der Waals surface area contributed by atoms with E-state index in [0.717, 1.165) is 6.08 Å². The summed E-state index contributed by atoms with van der Waals surface area (Å²) < 4.78 is 0. The lowest BCUT2D eigenvalue weighted by Gasteiger charge is -2.02. The second-order valence-corrected chi connectivity index (χ2v) is 2.82. The van der Waals surface area contributed by atoms with E-state index in [1.165, 1.54) is 24.3 Å². The molecule has 0 aromatic heterocycles. The van der Waals surface area contributed by atoms with Crippen LogP contribution >= 0.6 is 0 Å². The number of nitrogens with two attached hydrogens (primary N) is 1. The number of aromatic hydroxyl groups is 1. The molecule has 0 fully saturated rings. The molecule has 0 aliphatic rings. The Morgan fingerprint density at radius 2 is 2.00 bits per heavy atom. The predicted molar refractivity (Wildman–Crippen MR) is 52.9 cm³/mol. The molecule has 15 heavy (non-hydrogen) atoms. The molecule has 1 amide bonds. The van der Waals surface area contributed by atoms with Gasteiger partial charge >= 0.3 is 5.97 Å². The van der Waals surface area contributed by atoms with Crippen molar-refractivity contribution in [3.8, 4) is 5.75 Å². The first-order valence-electron chi connectivity index (χ1n) is 4.04. The Balaban J connectivity index is 3.22. The molecule has 1 aromatic carbocycles. The number of amides is 1. The van der Waals surface area contributed by atoms with Gasteiger partial charge < -0.3 is 15.9 Å². The quantitative estimate of drug-likeness (QED) is 0.622. The molecule has 78 valence electrons. The maximum atomic E-state index is 10.8. The number of hydrogen-bond acceptors (Lipinski definition) is 3. The Morgan fingerprint density at radius 3 is 2.47 bits per heavy atom. The average Bonchev–Trinajstić information content (AvgIpc) is 2.13. The minimum atomic E-state index is -1.28. The van der Waals surface area contributed by atoms with Crippen LogP contribution in [0, 0.1) is 0 Å². The summed E-state index contributed by atoms with van der Waals surface area (Å²) in [6, 6.07) is 5.57. The summed E-state index contributed by atoms with van der Waals surface area (Å²) in [6.07, 6.45) is 0.803. The maximum Gasteiger partial charge on any atom is 0.336 e. The number of carbonyl (C=O) groups is 2. The number of phenols is 1. The van der Waals surface area contributed by atoms with E-state index in [1.807, 2.05) is 0 Å². The number of benzene rings is 1. The highest BCUT2D eigenvalue weighted by Gasteiger charge is 2.11. The second kappa shape index (κ2) is 4.28. The summed E-state index contributed by atoms with van der Waals surface area (Å²) in [4.78, 5) is 21.4. The highest BCUT2D eigenvalue weighted by Crippen LogP contribution is 2.19. The first-order chi connectivity index (χ1) is 7.00. The fraction of sp³-hybridized carbons (Fsp3) is 0. The van der Waals surface area contributed by atoms with E-state index in [0.29, 0.717) is 0 Å². The number of rotatable bonds is 3. The van der Waals surface area contributed by atoms with Crippen LogP contribution in [0.3, 0.4) is 0 Å². The molecule has 0 atom stereocenters. The van der Waals surface area contributed by atoms with Gasteiger partial charge in [0.05, 0.1) is 5.57 Å². The van der Waals surface area contributed by atoms with Crippen molar-refractivity contribution in [2.45, 2.75) is 0 Å². The van der Waals surface area contributed by atoms with Crippen molar-refractivity contribution in [2.24, 2.45) is 5.73 Å². The smallest absolute Gasteiger partial charge is 0.336 e. The SMILES string of the molecule is NC(=O)/C=C(\C(=O)O)c1cccc(O)c1. The van der Waals surface area contributed by atoms with E-state index in [1.54, 1.807) is 0 Å². The van der Waals surface area contributed by atoms with Crippen LogP contribution in [0.25, 0.3) is 5.57 Å². The molecule has 0 unspecified atom stereocenters. The zero-order chi connectivity index (χ0) is 11.4. The first kappa shape index (κ1) is 10.8. The van der Waals surface area contributed by atoms with E-state index in [-0.39, 0.29) is 16.9 Å². The average molecular weight is 207 g/mol. The zero-order valence-corrected chi connectivity index (χ0v) is 7.68. The first-order valence-corrected chi connectivity index (χ1v) is 4.04. The van der Waals surface area contributed by atoms with Gasteiger partial charge in [-0.3, -0.25) is 4.79 Å². The summed E-state index contributed by atoms with van der Waals surface area (Å²) in [5.74, 6) is -2.21. The van der Waals surface area contributed by atoms with Crippen molar-refractivity contribution in [1.82, 2.24) is 0 Å². The van der Waals surface area contributed by atoms with Crippen molar-refractivity contribution in [3.05, 3.63) is 35.9 Å². The van der Waals surface area contributed by atoms with Gasteiger partial charge in [0.1, 0.15) is 5.75 Å². The van der Waals surface area contributed by atoms with Gasteiger partial charge in [-0.15, -0.1) is 0 Å². The van der Waals surface area contributed by atoms with E-state index in [4.69, 9.17) is 15.9 Å². The molecule has 0 aliphatic carbocycles. The Labute approximate surface area is 85.5 Å². The number of primary amides is 1. The minimum Gasteiger partial charge on any atom is -0.508 e. The third kappa shape index (κ3) is 2.84. The number of phenolic OH excluding ortho intramolecular Hbond substituents is 1. The maximum absolute atomic E-state index is 10.8. The topological polar surface area (TPSA) is 101 Å². The van der Waals surface area contributed by atoms with Crippen LogP contribution in [0.1, 0.15) is 5.56 Å². The third-order valence-electron chi connectivity index (χ3n) is 1.67. The highest BCUT2D eigenvalue weighted by molar-refractivity contribution is 6.20. The van der Waals surface area contributed by atoms with Crippen molar-refractivity contribution in [2.75, 3.05) is 0 Å². The fourth-order valence-corrected chi connectivity index (χ4v) is 1.08. The Hall–Kier alpha value is -2.30. The number of carboxylic acids is 1. The molecule has 0 saturated carbocycles. The Morgan fingerprint density at radius 1 is 1.33 bits per heavy atom. The number of carbonyl (C=O) groups excluding carboxylic acids is 1. The zero-order valence-electron chi connectivity index (χ0n) is 7.68. The lowest BCUT2D eigenvalue weighted by molar-refractivity contribution is -0.130. The predicted octanol–water partition coefficient (Wildman–Crippen LogP) is 0.345. The Bertz CT molecular complexity index is 437. The van der Waals surface area contributed by atoms with Gasteiger partial charge in [-0.25, -0.2) is 4.79 Å². The van der Waals surface area contributed by atoms with E-state index >= 15 is 0 Å². The molecule has 5 nitrogen and oxygen atoms in total. The molecule has 0 radical (unpaired) electrons. The molecule has 0 saturated heterocycles. The van der Waals surface area contributed by atoms with Crippen molar-refractivity contribution in [1.29, 1.82) is 0 Å². The van der Waals surface area contributed by atoms with E-state index in [9.17, 15) is 9.59 Å². The third-order valence-corrected chi connectivity index (χ3v) is 1.67. The van der Waals surface area contributed by atoms with Crippen molar-refractivity contribution in [3.63, 3.8) is 0 Å². The van der Waals surface area contributed by atoms with E-state index < -0.39 is 11.9 Å². The number of carboxylic acid groups (broad SMARTS) is 1. The van der Waals surface area contributed by atoms with Gasteiger partial charge in [0.2, 0.25) is 5.91 Å². The van der Waals surface area contributed by atoms with Gasteiger partial charge in [0.25, 0.3) is 0 Å². The van der Waals surface area contributed by atoms with Crippen LogP contribution in [0.5, 0.6) is 5.75 Å². The largest absolute Gasteiger partial charge is 0.508 e. The summed E-state index contributed by atoms with van der Waals surface area (Å²) in [5, 5.41) is 18.0. The summed E-state index contributed by atoms with van der Waals surface area (Å²) in [6.45, 7) is 0. The van der Waals surface area contributed by atoms with Gasteiger partial charge in [0, 0.05) is 6.08 Å². The van der Waals surface area contributed by atoms with Gasteiger partial charge in [-0.05, 0) is 17.7 Å². The second-order valence-electron chi connectivity index (χ2n) is 2.82. The minimum absolute atomic E-state index is 0.0795. The lowest BCUT2D eigenvalue weighted by Crippen LogP contribution is -2.10. The van der Waals surface area contributed by atoms with Gasteiger partial charge in [0.15, 0.2) is 0 Å². The molecule has 0 bridgehead atoms. The van der Waals surface area contributed by atoms with Gasteiger partial charge in [-0.1, -0.05) is 12.1 Å². The monoisotopic (exact) mass is 207 g/mol. The summed E-state index contributed by atoms with van der Waals surface area (Å²) in [7, 11) is 0. The lowest BCUT2D eigenvalue weighted by atomic mass is 10.1. The van der Waals surface area contributed by atoms with Crippen molar-refractivity contribution < 1.29 is 19.8 Å². The van der Waals surface area contributed by atoms with Crippen LogP contribution in [0.15, 0.2) is 30.3 Å². The van der Waals surface area contributed by atoms with Crippen LogP contribution in [0.4, 0.5) is 0 Å². The van der Waals surface area contributed by atoms with E-state index in [2.05, 4.69) is 0 Å². The summed E-state index contributed by atoms with van der Waals surface area (Å²) in [5.41, 5.74) is 4.84. The van der Waals surface area contributed by atoms with Crippen LogP contribution in [-0.4, -0.2) is 22.1 Å². The molecule has 5 heteroatoms. The standard InChI is InChI=1S/C10H9NO4/c11-9(13)5-8(10(14)15)6-2-1-3-7(12)4-6/h1-5,12H,(H2,11,13)(H,14,15)/b8-5-. The molecule has 0 spiro atoms. The van der Waals surface area contributed by atoms with Crippen LogP contribution < -0.4 is 5.73 Å². The molecular formula is C10H9NO4. The van der Waals surface area contributed by atoms with Gasteiger partial charge in [-0.2, -0.15) is 0 Å². The normalized spacial score (nSPS) is 11.1. The summed E-state index contributed by atoms with van der Waals surface area (Å²) >= 11 is 0. The molecule has 0 heterocycles. The number of hydrogen-bond donors (Lipinski definition) is 3. The molecule has 1 aromatic rings. The van der Waals surface area contributed by atoms with Crippen molar-refractivity contribution >= 4 is 17.4 Å². The molecular weight excluding hydrogens is 198 g/mol. The molecule has 1 rings (SSSR count). The Kier molecular flexibility index (Phi) is 3.07. The molecule has 0 aliphatic heterocycles. The highest BCUT2D eigenvalue weighted by atomic mass is 16.4. The molecule has 4 N–H and O–H groups in total. The van der Waals surface area contributed by atoms with Crippen LogP contribution in [-0.2, 0) is 9.59 Å².